The third-order valence-corrected chi connectivity index (χ3v) is 2.35. The van der Waals surface area contributed by atoms with Crippen LogP contribution in [0.2, 0.25) is 0 Å². The van der Waals surface area contributed by atoms with Gasteiger partial charge in [-0.1, -0.05) is 0 Å². The molecule has 0 atom stereocenters. The zero-order valence-electron chi connectivity index (χ0n) is 6.94. The van der Waals surface area contributed by atoms with Crippen molar-refractivity contribution in [2.45, 2.75) is 31.2 Å². The fourth-order valence-electron chi connectivity index (χ4n) is 1.36. The van der Waals surface area contributed by atoms with Gasteiger partial charge in [0, 0.05) is 6.92 Å². The number of rotatable bonds is 1. The van der Waals surface area contributed by atoms with E-state index >= 15 is 0 Å². The molecule has 0 aliphatic carbocycles. The first-order chi connectivity index (χ1) is 5.52. The van der Waals surface area contributed by atoms with E-state index in [1.807, 2.05) is 0 Å². The summed E-state index contributed by atoms with van der Waals surface area (Å²) >= 11 is 0. The van der Waals surface area contributed by atoms with Crippen LogP contribution in [0.3, 0.4) is 0 Å². The number of nitrogens with zero attached hydrogens (tertiary/aromatic N) is 1. The maximum Gasteiger partial charge on any atom is 0.321 e. The Balaban J connectivity index is 2.83. The molecule has 0 aromatic carbocycles. The smallest absolute Gasteiger partial charge is 0.321 e. The van der Waals surface area contributed by atoms with Gasteiger partial charge in [-0.15, -0.1) is 0 Å². The van der Waals surface area contributed by atoms with Crippen molar-refractivity contribution < 1.29 is 13.5 Å². The van der Waals surface area contributed by atoms with E-state index in [9.17, 15) is 8.78 Å². The van der Waals surface area contributed by atoms with Gasteiger partial charge in [0.25, 0.3) is 5.54 Å². The number of hydrogen-bond acceptors (Lipinski definition) is 1. The van der Waals surface area contributed by atoms with Crippen LogP contribution >= 0.6 is 0 Å². The van der Waals surface area contributed by atoms with Gasteiger partial charge in [0.2, 0.25) is 0 Å². The second-order valence-electron chi connectivity index (χ2n) is 3.14. The molecule has 0 aromatic heterocycles. The summed E-state index contributed by atoms with van der Waals surface area (Å²) in [5.41, 5.74) is -1.51. The Morgan fingerprint density at radius 3 is 2.17 bits per heavy atom. The average Bonchev–Trinajstić information content (AvgIpc) is 2.04. The van der Waals surface area contributed by atoms with E-state index in [0.29, 0.717) is 0 Å². The fraction of sp³-hybridized carbons (Fsp3) is 0.875. The second-order valence-corrected chi connectivity index (χ2v) is 3.14. The minimum Gasteiger partial charge on any atom is -0.381 e. The molecule has 1 rings (SSSR count). The highest BCUT2D eigenvalue weighted by molar-refractivity contribution is 5.08. The van der Waals surface area contributed by atoms with E-state index in [1.54, 1.807) is 0 Å². The minimum atomic E-state index is -2.92. The summed E-state index contributed by atoms with van der Waals surface area (Å²) in [5, 5.41) is 0. The molecule has 12 heavy (non-hydrogen) atoms. The summed E-state index contributed by atoms with van der Waals surface area (Å²) in [5.74, 6) is -2.92. The standard InChI is InChI=1S/C8H11F2NO/c1-7(9,10)8(11-2)3-5-12-6-4-8/h3-6H2,1H3. The molecule has 0 saturated carbocycles. The molecular formula is C8H11F2NO. The average molecular weight is 175 g/mol. The van der Waals surface area contributed by atoms with Crippen LogP contribution in [-0.4, -0.2) is 24.7 Å². The molecule has 1 fully saturated rings. The Bertz CT molecular complexity index is 198. The topological polar surface area (TPSA) is 13.6 Å². The molecule has 0 unspecified atom stereocenters. The van der Waals surface area contributed by atoms with Crippen molar-refractivity contribution in [3.05, 3.63) is 11.4 Å². The SMILES string of the molecule is [C-]#[N+]C1(C(C)(F)F)CCOCC1. The first-order valence-corrected chi connectivity index (χ1v) is 3.86. The van der Waals surface area contributed by atoms with Gasteiger partial charge >= 0.3 is 5.92 Å². The van der Waals surface area contributed by atoms with Crippen LogP contribution in [0.1, 0.15) is 19.8 Å². The predicted molar refractivity (Wildman–Crippen MR) is 40.0 cm³/mol. The molecule has 1 heterocycles. The molecule has 2 nitrogen and oxygen atoms in total. The van der Waals surface area contributed by atoms with Crippen LogP contribution in [0.25, 0.3) is 4.85 Å². The van der Waals surface area contributed by atoms with E-state index in [1.165, 1.54) is 0 Å². The van der Waals surface area contributed by atoms with Crippen LogP contribution in [0.15, 0.2) is 0 Å². The van der Waals surface area contributed by atoms with Crippen molar-refractivity contribution in [1.29, 1.82) is 0 Å². The van der Waals surface area contributed by atoms with Crippen molar-refractivity contribution >= 4 is 0 Å². The lowest BCUT2D eigenvalue weighted by Gasteiger charge is -2.30. The first kappa shape index (κ1) is 9.40. The summed E-state index contributed by atoms with van der Waals surface area (Å²) < 4.78 is 30.9. The van der Waals surface area contributed by atoms with Crippen LogP contribution in [0.4, 0.5) is 8.78 Å². The molecule has 0 radical (unpaired) electrons. The molecular weight excluding hydrogens is 164 g/mol. The molecule has 68 valence electrons. The Morgan fingerprint density at radius 2 is 1.92 bits per heavy atom. The molecule has 0 amide bonds. The Morgan fingerprint density at radius 1 is 1.42 bits per heavy atom. The lowest BCUT2D eigenvalue weighted by atomic mass is 9.85. The maximum absolute atomic E-state index is 13.0. The zero-order chi connectivity index (χ0) is 9.24. The summed E-state index contributed by atoms with van der Waals surface area (Å²) in [4.78, 5) is 3.07. The number of ether oxygens (including phenoxy) is 1. The summed E-state index contributed by atoms with van der Waals surface area (Å²) in [6, 6.07) is 0. The molecule has 0 N–H and O–H groups in total. The van der Waals surface area contributed by atoms with E-state index < -0.39 is 11.5 Å². The molecule has 1 aliphatic heterocycles. The van der Waals surface area contributed by atoms with Crippen LogP contribution in [0.5, 0.6) is 0 Å². The van der Waals surface area contributed by atoms with Crippen molar-refractivity contribution in [3.8, 4) is 0 Å². The van der Waals surface area contributed by atoms with E-state index in [0.717, 1.165) is 6.92 Å². The van der Waals surface area contributed by atoms with E-state index in [2.05, 4.69) is 4.85 Å². The maximum atomic E-state index is 13.0. The van der Waals surface area contributed by atoms with Crippen molar-refractivity contribution in [2.24, 2.45) is 0 Å². The number of alkyl halides is 2. The van der Waals surface area contributed by atoms with Gasteiger partial charge in [0.1, 0.15) is 0 Å². The van der Waals surface area contributed by atoms with Crippen LogP contribution < -0.4 is 0 Å². The third-order valence-electron chi connectivity index (χ3n) is 2.35. The lowest BCUT2D eigenvalue weighted by Crippen LogP contribution is -2.47. The Kier molecular flexibility index (Phi) is 2.34. The monoisotopic (exact) mass is 175 g/mol. The van der Waals surface area contributed by atoms with Gasteiger partial charge in [-0.3, -0.25) is 0 Å². The van der Waals surface area contributed by atoms with Gasteiger partial charge < -0.3 is 9.58 Å². The third kappa shape index (κ3) is 1.42. The first-order valence-electron chi connectivity index (χ1n) is 3.86. The van der Waals surface area contributed by atoms with Crippen LogP contribution in [-0.2, 0) is 4.74 Å². The highest BCUT2D eigenvalue weighted by atomic mass is 19.3. The van der Waals surface area contributed by atoms with E-state index in [4.69, 9.17) is 11.3 Å². The van der Waals surface area contributed by atoms with Gasteiger partial charge in [-0.25, -0.2) is 6.57 Å². The van der Waals surface area contributed by atoms with E-state index in [-0.39, 0.29) is 26.1 Å². The van der Waals surface area contributed by atoms with Crippen molar-refractivity contribution in [2.75, 3.05) is 13.2 Å². The quantitative estimate of drug-likeness (QED) is 0.556. The molecule has 0 spiro atoms. The van der Waals surface area contributed by atoms with Crippen molar-refractivity contribution in [3.63, 3.8) is 0 Å². The normalized spacial score (nSPS) is 23.2. The Labute approximate surface area is 70.3 Å². The molecule has 0 aromatic rings. The number of hydrogen-bond donors (Lipinski definition) is 0. The molecule has 4 heteroatoms. The predicted octanol–water partition coefficient (Wildman–Crippen LogP) is 2.11. The fourth-order valence-corrected chi connectivity index (χ4v) is 1.36. The minimum absolute atomic E-state index is 0.139. The number of halogens is 2. The Hall–Kier alpha value is -0.690. The highest BCUT2D eigenvalue weighted by Crippen LogP contribution is 2.39. The second kappa shape index (κ2) is 2.98. The summed E-state index contributed by atoms with van der Waals surface area (Å²) in [6.07, 6.45) is 0.278. The summed E-state index contributed by atoms with van der Waals surface area (Å²) in [7, 11) is 0. The van der Waals surface area contributed by atoms with Gasteiger partial charge in [-0.2, -0.15) is 8.78 Å². The van der Waals surface area contributed by atoms with Gasteiger partial charge in [0.05, 0.1) is 26.1 Å². The largest absolute Gasteiger partial charge is 0.381 e. The van der Waals surface area contributed by atoms with Gasteiger partial charge in [0.15, 0.2) is 0 Å². The highest BCUT2D eigenvalue weighted by Gasteiger charge is 2.57. The lowest BCUT2D eigenvalue weighted by molar-refractivity contribution is -0.0819. The molecule has 0 bridgehead atoms. The summed E-state index contributed by atoms with van der Waals surface area (Å²) in [6.45, 7) is 8.15. The van der Waals surface area contributed by atoms with Crippen LogP contribution in [0, 0.1) is 6.57 Å². The molecule has 1 aliphatic rings. The molecule has 1 saturated heterocycles. The van der Waals surface area contributed by atoms with Gasteiger partial charge in [-0.05, 0) is 0 Å². The van der Waals surface area contributed by atoms with Crippen molar-refractivity contribution in [1.82, 2.24) is 0 Å². The zero-order valence-corrected chi connectivity index (χ0v) is 6.94.